The average Bonchev–Trinajstić information content (AvgIpc) is 2.81. The smallest absolute Gasteiger partial charge is 0.419 e. The summed E-state index contributed by atoms with van der Waals surface area (Å²) in [7, 11) is 0. The zero-order valence-electron chi connectivity index (χ0n) is 21.3. The van der Waals surface area contributed by atoms with Crippen LogP contribution in [0.2, 0.25) is 0 Å². The normalized spacial score (nSPS) is 12.0. The van der Waals surface area contributed by atoms with E-state index in [9.17, 15) is 27.2 Å². The fourth-order valence-electron chi connectivity index (χ4n) is 3.99. The van der Waals surface area contributed by atoms with E-state index in [4.69, 9.17) is 9.47 Å². The molecule has 1 rings (SSSR count). The summed E-state index contributed by atoms with van der Waals surface area (Å²) >= 11 is 0. The van der Waals surface area contributed by atoms with Crippen molar-refractivity contribution in [3.8, 4) is 5.75 Å². The number of benzene rings is 1. The maximum atomic E-state index is 14.3. The monoisotopic (exact) mass is 504 g/mol. The lowest BCUT2D eigenvalue weighted by atomic mass is 9.82. The van der Waals surface area contributed by atoms with Crippen LogP contribution >= 0.6 is 0 Å². The molecule has 0 N–H and O–H groups in total. The van der Waals surface area contributed by atoms with Crippen LogP contribution in [0.1, 0.15) is 110 Å². The number of carbonyl (C=O) groups excluding carboxylic acids is 2. The van der Waals surface area contributed by atoms with Gasteiger partial charge in [-0.2, -0.15) is 13.2 Å². The van der Waals surface area contributed by atoms with Crippen molar-refractivity contribution in [1.82, 2.24) is 0 Å². The first-order chi connectivity index (χ1) is 16.6. The number of hydrogen-bond donors (Lipinski definition) is 0. The van der Waals surface area contributed by atoms with Crippen LogP contribution in [-0.2, 0) is 20.5 Å². The summed E-state index contributed by atoms with van der Waals surface area (Å²) in [5.41, 5.74) is -3.25. The Labute approximate surface area is 206 Å². The molecule has 0 fully saturated rings. The van der Waals surface area contributed by atoms with E-state index in [1.54, 1.807) is 13.8 Å². The van der Waals surface area contributed by atoms with Crippen LogP contribution in [0.5, 0.6) is 5.75 Å². The molecule has 0 amide bonds. The van der Waals surface area contributed by atoms with Crippen LogP contribution in [-0.4, -0.2) is 18.5 Å². The number of unbranched alkanes of at least 4 members (excludes halogenated alkanes) is 10. The van der Waals surface area contributed by atoms with Crippen LogP contribution in [0.3, 0.4) is 0 Å². The lowest BCUT2D eigenvalue weighted by molar-refractivity contribution is -0.168. The predicted octanol–water partition coefficient (Wildman–Crippen LogP) is 8.41. The summed E-state index contributed by atoms with van der Waals surface area (Å²) in [6.45, 7) is 5.51. The van der Waals surface area contributed by atoms with E-state index in [1.807, 2.05) is 0 Å². The number of esters is 2. The van der Waals surface area contributed by atoms with Crippen molar-refractivity contribution < 1.29 is 36.6 Å². The molecule has 0 unspecified atom stereocenters. The Morgan fingerprint density at radius 1 is 0.771 bits per heavy atom. The summed E-state index contributed by atoms with van der Waals surface area (Å²) in [5, 5.41) is 0. The number of halogens is 4. The zero-order chi connectivity index (χ0) is 26.3. The molecular formula is C27H40F4O4. The molecule has 0 atom stereocenters. The second kappa shape index (κ2) is 15.8. The summed E-state index contributed by atoms with van der Waals surface area (Å²) in [5.74, 6) is -4.48. The zero-order valence-corrected chi connectivity index (χ0v) is 21.3. The number of alkyl halides is 3. The van der Waals surface area contributed by atoms with E-state index in [2.05, 4.69) is 6.92 Å². The molecule has 0 aliphatic heterocycles. The van der Waals surface area contributed by atoms with Gasteiger partial charge in [0, 0.05) is 0 Å². The first-order valence-corrected chi connectivity index (χ1v) is 12.9. The third kappa shape index (κ3) is 9.80. The molecule has 35 heavy (non-hydrogen) atoms. The average molecular weight is 505 g/mol. The fraction of sp³-hybridized carbons (Fsp3) is 0.704. The Kier molecular flexibility index (Phi) is 13.9. The minimum Gasteiger partial charge on any atom is -0.465 e. The molecule has 0 saturated heterocycles. The van der Waals surface area contributed by atoms with Gasteiger partial charge in [-0.3, -0.25) is 9.59 Å². The predicted molar refractivity (Wildman–Crippen MR) is 127 cm³/mol. The maximum absolute atomic E-state index is 14.3. The quantitative estimate of drug-likeness (QED) is 0.0702. The first-order valence-electron chi connectivity index (χ1n) is 12.9. The molecule has 200 valence electrons. The third-order valence-electron chi connectivity index (χ3n) is 6.44. The first kappa shape index (κ1) is 30.9. The molecule has 0 aromatic heterocycles. The van der Waals surface area contributed by atoms with E-state index in [0.29, 0.717) is 12.5 Å². The molecule has 1 aromatic carbocycles. The fourth-order valence-corrected chi connectivity index (χ4v) is 3.99. The minimum absolute atomic E-state index is 0.0139. The Morgan fingerprint density at radius 2 is 1.29 bits per heavy atom. The molecule has 0 spiro atoms. The van der Waals surface area contributed by atoms with Crippen molar-refractivity contribution in [2.75, 3.05) is 6.61 Å². The van der Waals surface area contributed by atoms with E-state index in [-0.39, 0.29) is 19.4 Å². The molecule has 0 saturated carbocycles. The van der Waals surface area contributed by atoms with E-state index in [0.717, 1.165) is 31.4 Å². The van der Waals surface area contributed by atoms with E-state index in [1.165, 1.54) is 44.9 Å². The molecular weight excluding hydrogens is 464 g/mol. The number of rotatable bonds is 17. The van der Waals surface area contributed by atoms with Gasteiger partial charge in [-0.1, -0.05) is 91.0 Å². The van der Waals surface area contributed by atoms with Gasteiger partial charge in [0.25, 0.3) is 0 Å². The van der Waals surface area contributed by atoms with Crippen molar-refractivity contribution in [3.63, 3.8) is 0 Å². The summed E-state index contributed by atoms with van der Waals surface area (Å²) in [6, 6.07) is 2.43. The second-order valence-electron chi connectivity index (χ2n) is 8.97. The molecule has 1 aromatic rings. The minimum atomic E-state index is -4.94. The number of ether oxygens (including phenoxy) is 2. The Morgan fingerprint density at radius 3 is 1.77 bits per heavy atom. The van der Waals surface area contributed by atoms with Gasteiger partial charge in [-0.25, -0.2) is 4.39 Å². The lowest BCUT2D eigenvalue weighted by Gasteiger charge is -2.27. The summed E-state index contributed by atoms with van der Waals surface area (Å²) in [6.07, 6.45) is 7.67. The van der Waals surface area contributed by atoms with Gasteiger partial charge in [0.15, 0.2) is 17.0 Å². The third-order valence-corrected chi connectivity index (χ3v) is 6.44. The maximum Gasteiger partial charge on any atom is 0.419 e. The van der Waals surface area contributed by atoms with Crippen LogP contribution in [0.15, 0.2) is 18.2 Å². The standard InChI is InChI=1S/C27H40F4O4/c1-4-7-8-9-10-11-12-13-14-15-16-20-34-24(32)26(5-2,6-3)25(33)35-22-19-17-18-21(23(22)28)27(29,30)31/h17-19H,4-16,20H2,1-3H3. The molecule has 0 radical (unpaired) electrons. The Balaban J connectivity index is 2.52. The Hall–Kier alpha value is -2.12. The van der Waals surface area contributed by atoms with Gasteiger partial charge in [0.1, 0.15) is 0 Å². The Bertz CT molecular complexity index is 773. The SMILES string of the molecule is CCCCCCCCCCCCCOC(=O)C(CC)(CC)C(=O)Oc1cccc(C(F)(F)F)c1F. The highest BCUT2D eigenvalue weighted by Crippen LogP contribution is 2.36. The highest BCUT2D eigenvalue weighted by atomic mass is 19.4. The van der Waals surface area contributed by atoms with Crippen molar-refractivity contribution in [3.05, 3.63) is 29.6 Å². The summed E-state index contributed by atoms with van der Waals surface area (Å²) < 4.78 is 63.4. The van der Waals surface area contributed by atoms with Crippen LogP contribution in [0.4, 0.5) is 17.6 Å². The van der Waals surface area contributed by atoms with E-state index >= 15 is 0 Å². The second-order valence-corrected chi connectivity index (χ2v) is 8.97. The van der Waals surface area contributed by atoms with Crippen LogP contribution in [0.25, 0.3) is 0 Å². The highest BCUT2D eigenvalue weighted by Gasteiger charge is 2.47. The van der Waals surface area contributed by atoms with E-state index < -0.39 is 40.7 Å². The molecule has 0 aliphatic carbocycles. The molecule has 0 aliphatic rings. The number of hydrogen-bond acceptors (Lipinski definition) is 4. The largest absolute Gasteiger partial charge is 0.465 e. The van der Waals surface area contributed by atoms with Gasteiger partial charge in [0.2, 0.25) is 0 Å². The van der Waals surface area contributed by atoms with Gasteiger partial charge in [-0.05, 0) is 31.4 Å². The van der Waals surface area contributed by atoms with Crippen molar-refractivity contribution in [1.29, 1.82) is 0 Å². The van der Waals surface area contributed by atoms with Gasteiger partial charge >= 0.3 is 18.1 Å². The van der Waals surface area contributed by atoms with Gasteiger partial charge in [0.05, 0.1) is 12.2 Å². The number of carbonyl (C=O) groups is 2. The lowest BCUT2D eigenvalue weighted by Crippen LogP contribution is -2.42. The van der Waals surface area contributed by atoms with Crippen LogP contribution in [0, 0.1) is 11.2 Å². The molecule has 0 bridgehead atoms. The molecule has 8 heteroatoms. The molecule has 0 heterocycles. The van der Waals surface area contributed by atoms with Crippen molar-refractivity contribution in [2.24, 2.45) is 5.41 Å². The van der Waals surface area contributed by atoms with Crippen molar-refractivity contribution in [2.45, 2.75) is 110 Å². The highest BCUT2D eigenvalue weighted by molar-refractivity contribution is 6.00. The molecule has 4 nitrogen and oxygen atoms in total. The van der Waals surface area contributed by atoms with Crippen molar-refractivity contribution >= 4 is 11.9 Å². The topological polar surface area (TPSA) is 52.6 Å². The van der Waals surface area contributed by atoms with Gasteiger partial charge < -0.3 is 9.47 Å². The van der Waals surface area contributed by atoms with Crippen LogP contribution < -0.4 is 4.74 Å². The summed E-state index contributed by atoms with van der Waals surface area (Å²) in [4.78, 5) is 25.6. The van der Waals surface area contributed by atoms with Gasteiger partial charge in [-0.15, -0.1) is 0 Å².